The number of aliphatic carboxylic acids is 1. The van der Waals surface area contributed by atoms with E-state index >= 15 is 0 Å². The maximum absolute atomic E-state index is 13.4. The van der Waals surface area contributed by atoms with Crippen molar-refractivity contribution >= 4 is 17.7 Å². The Morgan fingerprint density at radius 2 is 2.04 bits per heavy atom. The molecule has 0 heterocycles. The molecule has 6 heteroatoms. The number of carboxylic acid groups (broad SMARTS) is 1. The van der Waals surface area contributed by atoms with Gasteiger partial charge in [0.2, 0.25) is 0 Å². The molecule has 134 valence electrons. The zero-order valence-electron chi connectivity index (χ0n) is 14.3. The molecule has 1 N–H and O–H groups in total. The highest BCUT2D eigenvalue weighted by molar-refractivity contribution is 7.99. The minimum absolute atomic E-state index is 0.00308. The highest BCUT2D eigenvalue weighted by Gasteiger charge is 2.17. The largest absolute Gasteiger partial charge is 0.491 e. The molecule has 2 aromatic carbocycles. The first-order valence-corrected chi connectivity index (χ1v) is 8.88. The van der Waals surface area contributed by atoms with E-state index in [4.69, 9.17) is 9.84 Å². The number of hydrogen-bond donors (Lipinski definition) is 1. The molecule has 2 aromatic rings. The lowest BCUT2D eigenvalue weighted by atomic mass is 10.2. The Morgan fingerprint density at radius 3 is 2.72 bits per heavy atom. The summed E-state index contributed by atoms with van der Waals surface area (Å²) in [4.78, 5) is 14.3. The number of nitrogens with zero attached hydrogens (tertiary/aromatic N) is 1. The van der Waals surface area contributed by atoms with Crippen LogP contribution in [0.3, 0.4) is 0 Å². The Balaban J connectivity index is 2.05. The molecule has 0 fully saturated rings. The summed E-state index contributed by atoms with van der Waals surface area (Å²) in [5.41, 5.74) is 0. The second-order valence-corrected chi connectivity index (χ2v) is 6.80. The van der Waals surface area contributed by atoms with E-state index < -0.39 is 5.97 Å². The summed E-state index contributed by atoms with van der Waals surface area (Å²) in [6.45, 7) is 2.36. The van der Waals surface area contributed by atoms with Gasteiger partial charge in [-0.3, -0.25) is 9.69 Å². The molecule has 0 saturated heterocycles. The summed E-state index contributed by atoms with van der Waals surface area (Å²) in [6.07, 6.45) is 0.781. The molecular weight excluding hydrogens is 341 g/mol. The van der Waals surface area contributed by atoms with Gasteiger partial charge in [-0.15, -0.1) is 0 Å². The molecule has 0 radical (unpaired) electrons. The normalized spacial score (nSPS) is 12.2. The summed E-state index contributed by atoms with van der Waals surface area (Å²) in [6, 6.07) is 14.0. The number of halogens is 1. The van der Waals surface area contributed by atoms with Crippen molar-refractivity contribution in [2.75, 3.05) is 20.2 Å². The first-order chi connectivity index (χ1) is 12.0. The summed E-state index contributed by atoms with van der Waals surface area (Å²) >= 11 is 1.43. The van der Waals surface area contributed by atoms with Crippen LogP contribution >= 0.6 is 11.8 Å². The molecular formula is C19H22FNO3S. The lowest BCUT2D eigenvalue weighted by Gasteiger charge is -2.26. The Kier molecular flexibility index (Phi) is 7.28. The fourth-order valence-electron chi connectivity index (χ4n) is 2.40. The van der Waals surface area contributed by atoms with E-state index in [1.807, 2.05) is 37.3 Å². The van der Waals surface area contributed by atoms with E-state index in [9.17, 15) is 9.18 Å². The number of ether oxygens (including phenoxy) is 1. The predicted molar refractivity (Wildman–Crippen MR) is 96.8 cm³/mol. The van der Waals surface area contributed by atoms with Gasteiger partial charge in [0, 0.05) is 10.9 Å². The summed E-state index contributed by atoms with van der Waals surface area (Å²) < 4.78 is 19.3. The van der Waals surface area contributed by atoms with Crippen molar-refractivity contribution in [3.05, 3.63) is 54.3 Å². The topological polar surface area (TPSA) is 49.8 Å². The molecule has 0 spiro atoms. The van der Waals surface area contributed by atoms with E-state index in [2.05, 4.69) is 0 Å². The Labute approximate surface area is 151 Å². The fraction of sp³-hybridized carbons (Fsp3) is 0.316. The van der Waals surface area contributed by atoms with Crippen LogP contribution in [-0.4, -0.2) is 42.2 Å². The average molecular weight is 363 g/mol. The van der Waals surface area contributed by atoms with Gasteiger partial charge in [0.25, 0.3) is 0 Å². The van der Waals surface area contributed by atoms with Crippen molar-refractivity contribution in [3.63, 3.8) is 0 Å². The molecule has 0 bridgehead atoms. The second-order valence-electron chi connectivity index (χ2n) is 5.69. The van der Waals surface area contributed by atoms with Gasteiger partial charge in [-0.1, -0.05) is 36.9 Å². The lowest BCUT2D eigenvalue weighted by molar-refractivity contribution is -0.138. The third kappa shape index (κ3) is 6.07. The van der Waals surface area contributed by atoms with Crippen LogP contribution in [0, 0.1) is 5.82 Å². The van der Waals surface area contributed by atoms with Crippen molar-refractivity contribution in [1.29, 1.82) is 0 Å². The van der Waals surface area contributed by atoms with Gasteiger partial charge >= 0.3 is 5.97 Å². The van der Waals surface area contributed by atoms with E-state index in [1.54, 1.807) is 18.0 Å². The molecule has 0 aliphatic carbocycles. The molecule has 0 amide bonds. The molecule has 1 atom stereocenters. The van der Waals surface area contributed by atoms with E-state index in [1.165, 1.54) is 23.9 Å². The Hall–Kier alpha value is -2.05. The number of rotatable bonds is 9. The average Bonchev–Trinajstić information content (AvgIpc) is 2.56. The van der Waals surface area contributed by atoms with Crippen LogP contribution in [-0.2, 0) is 4.79 Å². The van der Waals surface area contributed by atoms with Gasteiger partial charge in [0.05, 0.1) is 11.4 Å². The highest BCUT2D eigenvalue weighted by atomic mass is 32.2. The zero-order valence-corrected chi connectivity index (χ0v) is 15.1. The fourth-order valence-corrected chi connectivity index (χ4v) is 3.34. The standard InChI is InChI=1S/C19H22FNO3S/c1-3-15(21(2)12-19(22)23)13-24-17-9-4-5-10-18(17)25-16-8-6-7-14(20)11-16/h4-11,15H,3,12-13H2,1-2H3,(H,22,23). The molecule has 25 heavy (non-hydrogen) atoms. The number of carboxylic acids is 1. The zero-order chi connectivity index (χ0) is 18.2. The van der Waals surface area contributed by atoms with Crippen molar-refractivity contribution in [1.82, 2.24) is 4.90 Å². The third-order valence-corrected chi connectivity index (χ3v) is 4.83. The smallest absolute Gasteiger partial charge is 0.317 e. The molecule has 0 aliphatic heterocycles. The molecule has 1 unspecified atom stereocenters. The van der Waals surface area contributed by atoms with Gasteiger partial charge < -0.3 is 9.84 Å². The Morgan fingerprint density at radius 1 is 1.28 bits per heavy atom. The van der Waals surface area contributed by atoms with Crippen LogP contribution in [0.5, 0.6) is 5.75 Å². The molecule has 0 aromatic heterocycles. The maximum atomic E-state index is 13.4. The lowest BCUT2D eigenvalue weighted by Crippen LogP contribution is -2.39. The summed E-state index contributed by atoms with van der Waals surface area (Å²) in [7, 11) is 1.78. The van der Waals surface area contributed by atoms with Gasteiger partial charge in [0.1, 0.15) is 18.2 Å². The molecule has 4 nitrogen and oxygen atoms in total. The van der Waals surface area contributed by atoms with E-state index in [0.717, 1.165) is 16.2 Å². The first-order valence-electron chi connectivity index (χ1n) is 8.07. The number of likely N-dealkylation sites (N-methyl/N-ethyl adjacent to an activating group) is 1. The molecule has 0 aliphatic rings. The van der Waals surface area contributed by atoms with E-state index in [0.29, 0.717) is 12.4 Å². The van der Waals surface area contributed by atoms with Crippen molar-refractivity contribution in [3.8, 4) is 5.75 Å². The van der Waals surface area contributed by atoms with Crippen molar-refractivity contribution < 1.29 is 19.0 Å². The number of para-hydroxylation sites is 1. The molecule has 0 saturated carbocycles. The number of hydrogen-bond acceptors (Lipinski definition) is 4. The monoisotopic (exact) mass is 363 g/mol. The number of benzene rings is 2. The minimum Gasteiger partial charge on any atom is -0.491 e. The van der Waals surface area contributed by atoms with Crippen LogP contribution in [0.25, 0.3) is 0 Å². The van der Waals surface area contributed by atoms with Gasteiger partial charge in [-0.25, -0.2) is 4.39 Å². The quantitative estimate of drug-likeness (QED) is 0.725. The van der Waals surface area contributed by atoms with Crippen molar-refractivity contribution in [2.24, 2.45) is 0 Å². The van der Waals surface area contributed by atoms with Crippen LogP contribution in [0.15, 0.2) is 58.3 Å². The highest BCUT2D eigenvalue weighted by Crippen LogP contribution is 2.35. The minimum atomic E-state index is -0.858. The maximum Gasteiger partial charge on any atom is 0.317 e. The Bertz CT molecular complexity index is 711. The van der Waals surface area contributed by atoms with Gasteiger partial charge in [-0.2, -0.15) is 0 Å². The van der Waals surface area contributed by atoms with Gasteiger partial charge in [-0.05, 0) is 43.8 Å². The summed E-state index contributed by atoms with van der Waals surface area (Å²) in [5, 5.41) is 8.93. The van der Waals surface area contributed by atoms with Crippen LogP contribution in [0.4, 0.5) is 4.39 Å². The summed E-state index contributed by atoms with van der Waals surface area (Å²) in [5.74, 6) is -0.424. The van der Waals surface area contributed by atoms with E-state index in [-0.39, 0.29) is 18.4 Å². The predicted octanol–water partition coefficient (Wildman–Crippen LogP) is 4.15. The number of carbonyl (C=O) groups is 1. The van der Waals surface area contributed by atoms with Crippen LogP contribution < -0.4 is 4.74 Å². The van der Waals surface area contributed by atoms with Gasteiger partial charge in [0.15, 0.2) is 0 Å². The second kappa shape index (κ2) is 9.44. The van der Waals surface area contributed by atoms with Crippen LogP contribution in [0.2, 0.25) is 0 Å². The van der Waals surface area contributed by atoms with Crippen LogP contribution in [0.1, 0.15) is 13.3 Å². The first kappa shape index (κ1) is 19.3. The SMILES string of the molecule is CCC(COc1ccccc1Sc1cccc(F)c1)N(C)CC(=O)O. The molecule has 2 rings (SSSR count). The third-order valence-electron chi connectivity index (χ3n) is 3.78. The van der Waals surface area contributed by atoms with Crippen molar-refractivity contribution in [2.45, 2.75) is 29.2 Å².